The number of para-hydroxylation sites is 3. The SMILES string of the molecule is Cc1ccccc1Nc1nnc(SCC(=O)Nc2ccccc2OC(F)F)s1. The lowest BCUT2D eigenvalue weighted by Crippen LogP contribution is -2.15. The number of halogens is 2. The Balaban J connectivity index is 1.54. The van der Waals surface area contributed by atoms with Crippen molar-refractivity contribution in [2.75, 3.05) is 16.4 Å². The molecule has 1 heterocycles. The average Bonchev–Trinajstić information content (AvgIpc) is 3.11. The first-order valence-corrected chi connectivity index (χ1v) is 9.94. The van der Waals surface area contributed by atoms with Crippen LogP contribution in [0.25, 0.3) is 0 Å². The summed E-state index contributed by atoms with van der Waals surface area (Å²) in [5, 5.41) is 14.5. The molecule has 0 bridgehead atoms. The van der Waals surface area contributed by atoms with Crippen LogP contribution >= 0.6 is 23.1 Å². The van der Waals surface area contributed by atoms with Crippen LogP contribution in [0, 0.1) is 6.92 Å². The van der Waals surface area contributed by atoms with Crippen LogP contribution < -0.4 is 15.4 Å². The molecule has 0 aliphatic carbocycles. The van der Waals surface area contributed by atoms with Gasteiger partial charge in [0.25, 0.3) is 0 Å². The smallest absolute Gasteiger partial charge is 0.387 e. The number of anilines is 3. The number of thioether (sulfide) groups is 1. The molecule has 0 spiro atoms. The third-order valence-corrected chi connectivity index (χ3v) is 5.47. The van der Waals surface area contributed by atoms with Crippen LogP contribution in [-0.4, -0.2) is 28.5 Å². The van der Waals surface area contributed by atoms with Gasteiger partial charge in [0.1, 0.15) is 5.75 Å². The molecule has 3 aromatic rings. The van der Waals surface area contributed by atoms with E-state index in [1.807, 2.05) is 31.2 Å². The molecular weight excluding hydrogens is 406 g/mol. The Labute approximate surface area is 168 Å². The quantitative estimate of drug-likeness (QED) is 0.502. The van der Waals surface area contributed by atoms with E-state index in [-0.39, 0.29) is 23.1 Å². The molecule has 1 amide bonds. The number of nitrogens with one attached hydrogen (secondary N) is 2. The molecule has 6 nitrogen and oxygen atoms in total. The maximum atomic E-state index is 12.4. The fourth-order valence-electron chi connectivity index (χ4n) is 2.23. The standard InChI is InChI=1S/C18H16F2N4O2S2/c1-11-6-2-3-7-12(11)22-17-23-24-18(28-17)27-10-15(25)21-13-8-4-5-9-14(13)26-16(19)20/h2-9,16H,10H2,1H3,(H,21,25)(H,22,23). The lowest BCUT2D eigenvalue weighted by Gasteiger charge is -2.11. The van der Waals surface area contributed by atoms with Gasteiger partial charge < -0.3 is 15.4 Å². The van der Waals surface area contributed by atoms with Crippen LogP contribution in [0.4, 0.5) is 25.3 Å². The summed E-state index contributed by atoms with van der Waals surface area (Å²) >= 11 is 2.53. The summed E-state index contributed by atoms with van der Waals surface area (Å²) < 4.78 is 29.9. The summed E-state index contributed by atoms with van der Waals surface area (Å²) in [7, 11) is 0. The largest absolute Gasteiger partial charge is 0.433 e. The van der Waals surface area contributed by atoms with E-state index >= 15 is 0 Å². The van der Waals surface area contributed by atoms with E-state index in [1.165, 1.54) is 35.2 Å². The zero-order valence-corrected chi connectivity index (χ0v) is 16.3. The average molecular weight is 422 g/mol. The van der Waals surface area contributed by atoms with Gasteiger partial charge in [-0.2, -0.15) is 8.78 Å². The summed E-state index contributed by atoms with van der Waals surface area (Å²) in [6.45, 7) is -0.980. The molecule has 2 aromatic carbocycles. The minimum absolute atomic E-state index is 0.0576. The number of carbonyl (C=O) groups excluding carboxylic acids is 1. The molecule has 10 heteroatoms. The maximum absolute atomic E-state index is 12.4. The second-order valence-electron chi connectivity index (χ2n) is 5.52. The molecule has 0 saturated heterocycles. The van der Waals surface area contributed by atoms with Gasteiger partial charge in [-0.05, 0) is 30.7 Å². The molecule has 0 fully saturated rings. The van der Waals surface area contributed by atoms with Crippen molar-refractivity contribution in [1.29, 1.82) is 0 Å². The van der Waals surface area contributed by atoms with E-state index in [0.29, 0.717) is 9.47 Å². The number of ether oxygens (including phenoxy) is 1. The van der Waals surface area contributed by atoms with Gasteiger partial charge >= 0.3 is 6.61 Å². The van der Waals surface area contributed by atoms with Gasteiger partial charge in [-0.1, -0.05) is 53.4 Å². The van der Waals surface area contributed by atoms with E-state index in [0.717, 1.165) is 11.3 Å². The monoisotopic (exact) mass is 422 g/mol. The summed E-state index contributed by atoms with van der Waals surface area (Å²) in [6.07, 6.45) is 0. The van der Waals surface area contributed by atoms with Crippen LogP contribution in [0.3, 0.4) is 0 Å². The Bertz CT molecular complexity index is 953. The number of amides is 1. The molecule has 0 saturated carbocycles. The summed E-state index contributed by atoms with van der Waals surface area (Å²) in [6, 6.07) is 13.8. The topological polar surface area (TPSA) is 76.1 Å². The van der Waals surface area contributed by atoms with Gasteiger partial charge in [-0.3, -0.25) is 4.79 Å². The second kappa shape index (κ2) is 9.47. The van der Waals surface area contributed by atoms with Crippen molar-refractivity contribution in [3.8, 4) is 5.75 Å². The molecule has 0 atom stereocenters. The predicted molar refractivity (Wildman–Crippen MR) is 107 cm³/mol. The van der Waals surface area contributed by atoms with E-state index in [9.17, 15) is 13.6 Å². The highest BCUT2D eigenvalue weighted by atomic mass is 32.2. The Hall–Kier alpha value is -2.72. The van der Waals surface area contributed by atoms with Gasteiger partial charge in [-0.15, -0.1) is 10.2 Å². The summed E-state index contributed by atoms with van der Waals surface area (Å²) in [5.41, 5.74) is 2.20. The Kier molecular flexibility index (Phi) is 6.77. The fraction of sp³-hybridized carbons (Fsp3) is 0.167. The van der Waals surface area contributed by atoms with Crippen molar-refractivity contribution in [2.24, 2.45) is 0 Å². The summed E-state index contributed by atoms with van der Waals surface area (Å²) in [4.78, 5) is 12.1. The zero-order valence-electron chi connectivity index (χ0n) is 14.7. The van der Waals surface area contributed by atoms with Crippen molar-refractivity contribution in [3.63, 3.8) is 0 Å². The molecule has 0 aliphatic heterocycles. The van der Waals surface area contributed by atoms with Gasteiger partial charge in [0.2, 0.25) is 11.0 Å². The molecule has 2 N–H and O–H groups in total. The highest BCUT2D eigenvalue weighted by Crippen LogP contribution is 2.29. The lowest BCUT2D eigenvalue weighted by atomic mass is 10.2. The number of alkyl halides is 2. The van der Waals surface area contributed by atoms with Crippen molar-refractivity contribution >= 4 is 45.5 Å². The Morgan fingerprint density at radius 1 is 1.14 bits per heavy atom. The summed E-state index contributed by atoms with van der Waals surface area (Å²) in [5.74, 6) is -0.391. The van der Waals surface area contributed by atoms with Crippen molar-refractivity contribution in [1.82, 2.24) is 10.2 Å². The minimum Gasteiger partial charge on any atom is -0.433 e. The number of hydrogen-bond acceptors (Lipinski definition) is 7. The molecule has 0 radical (unpaired) electrons. The van der Waals surface area contributed by atoms with Crippen LogP contribution in [0.15, 0.2) is 52.9 Å². The number of hydrogen-bond donors (Lipinski definition) is 2. The normalized spacial score (nSPS) is 10.7. The van der Waals surface area contributed by atoms with Gasteiger partial charge in [0.15, 0.2) is 4.34 Å². The Morgan fingerprint density at radius 3 is 2.61 bits per heavy atom. The second-order valence-corrected chi connectivity index (χ2v) is 7.72. The molecule has 1 aromatic heterocycles. The number of benzene rings is 2. The van der Waals surface area contributed by atoms with Crippen LogP contribution in [0.1, 0.15) is 5.56 Å². The first-order valence-electron chi connectivity index (χ1n) is 8.14. The van der Waals surface area contributed by atoms with E-state index in [1.54, 1.807) is 12.1 Å². The number of nitrogens with zero attached hydrogens (tertiary/aromatic N) is 2. The highest BCUT2D eigenvalue weighted by Gasteiger charge is 2.13. The van der Waals surface area contributed by atoms with Crippen LogP contribution in [0.5, 0.6) is 5.75 Å². The molecule has 28 heavy (non-hydrogen) atoms. The molecule has 146 valence electrons. The molecule has 0 aliphatic rings. The predicted octanol–water partition coefficient (Wildman–Crippen LogP) is 4.92. The number of carbonyl (C=O) groups is 1. The maximum Gasteiger partial charge on any atom is 0.387 e. The van der Waals surface area contributed by atoms with Crippen LogP contribution in [-0.2, 0) is 4.79 Å². The van der Waals surface area contributed by atoms with Gasteiger partial charge in [0, 0.05) is 5.69 Å². The van der Waals surface area contributed by atoms with Gasteiger partial charge in [0.05, 0.1) is 11.4 Å². The fourth-order valence-corrected chi connectivity index (χ4v) is 3.79. The van der Waals surface area contributed by atoms with E-state index in [4.69, 9.17) is 0 Å². The Morgan fingerprint density at radius 2 is 1.86 bits per heavy atom. The zero-order chi connectivity index (χ0) is 19.9. The van der Waals surface area contributed by atoms with Crippen LogP contribution in [0.2, 0.25) is 0 Å². The third-order valence-electron chi connectivity index (χ3n) is 3.50. The number of aromatic nitrogens is 2. The minimum atomic E-state index is -2.96. The van der Waals surface area contributed by atoms with Crippen molar-refractivity contribution < 1.29 is 18.3 Å². The third kappa shape index (κ3) is 5.64. The molecular formula is C18H16F2N4O2S2. The van der Waals surface area contributed by atoms with Crippen molar-refractivity contribution in [3.05, 3.63) is 54.1 Å². The molecule has 3 rings (SSSR count). The van der Waals surface area contributed by atoms with E-state index < -0.39 is 6.61 Å². The number of rotatable bonds is 8. The van der Waals surface area contributed by atoms with Crippen molar-refractivity contribution in [2.45, 2.75) is 17.9 Å². The molecule has 0 unspecified atom stereocenters. The highest BCUT2D eigenvalue weighted by molar-refractivity contribution is 8.01. The van der Waals surface area contributed by atoms with Gasteiger partial charge in [-0.25, -0.2) is 0 Å². The first-order chi connectivity index (χ1) is 13.5. The van der Waals surface area contributed by atoms with E-state index in [2.05, 4.69) is 25.6 Å². The first kappa shape index (κ1) is 20.0. The number of aryl methyl sites for hydroxylation is 1. The lowest BCUT2D eigenvalue weighted by molar-refractivity contribution is -0.113.